The van der Waals surface area contributed by atoms with Crippen LogP contribution in [-0.4, -0.2) is 80.2 Å². The van der Waals surface area contributed by atoms with E-state index in [0.717, 1.165) is 19.4 Å². The highest BCUT2D eigenvalue weighted by atomic mass is 31.2. The lowest BCUT2D eigenvalue weighted by Gasteiger charge is -2.20. The zero-order valence-corrected chi connectivity index (χ0v) is 13.4. The predicted octanol–water partition coefficient (Wildman–Crippen LogP) is -0.164. The number of hydrogen-bond donors (Lipinski definition) is 4. The monoisotopic (exact) mass is 338 g/mol. The largest absolute Gasteiger partial charge is 0.480 e. The summed E-state index contributed by atoms with van der Waals surface area (Å²) in [7, 11) is -2.28. The Kier molecular flexibility index (Phi) is 6.96. The number of rotatable bonds is 4. The molecule has 0 radical (unpaired) electrons. The van der Waals surface area contributed by atoms with E-state index in [2.05, 4.69) is 0 Å². The molecule has 4 N–H and O–H groups in total. The number of hydrogen-bond acceptors (Lipinski definition) is 5. The summed E-state index contributed by atoms with van der Waals surface area (Å²) >= 11 is 0. The van der Waals surface area contributed by atoms with Crippen LogP contribution in [0.15, 0.2) is 0 Å². The van der Waals surface area contributed by atoms with Crippen molar-refractivity contribution in [3.8, 4) is 0 Å². The van der Waals surface area contributed by atoms with E-state index in [4.69, 9.17) is 20.0 Å². The molecule has 2 rings (SSSR count). The maximum absolute atomic E-state index is 10.6. The molecule has 22 heavy (non-hydrogen) atoms. The van der Waals surface area contributed by atoms with Crippen LogP contribution in [0.4, 0.5) is 0 Å². The molecule has 0 aromatic rings. The minimum Gasteiger partial charge on any atom is -0.480 e. The lowest BCUT2D eigenvalue weighted by molar-refractivity contribution is -0.142. The van der Waals surface area contributed by atoms with E-state index in [1.54, 1.807) is 0 Å². The molecule has 2 atom stereocenters. The summed E-state index contributed by atoms with van der Waals surface area (Å²) in [6.45, 7) is 1.37. The van der Waals surface area contributed by atoms with E-state index < -0.39 is 31.9 Å². The number of carbonyl (C=O) groups is 2. The summed E-state index contributed by atoms with van der Waals surface area (Å²) in [6.07, 6.45) is 2.52. The molecule has 0 unspecified atom stereocenters. The van der Waals surface area contributed by atoms with Gasteiger partial charge in [0.2, 0.25) is 0 Å². The van der Waals surface area contributed by atoms with Crippen molar-refractivity contribution < 1.29 is 34.2 Å². The number of aliphatic carboxylic acids is 2. The molecule has 10 heteroatoms. The van der Waals surface area contributed by atoms with Gasteiger partial charge in [0.1, 0.15) is 18.4 Å². The highest BCUT2D eigenvalue weighted by Crippen LogP contribution is 2.37. The molecule has 0 bridgehead atoms. The van der Waals surface area contributed by atoms with Crippen LogP contribution >= 0.6 is 7.60 Å². The Balaban J connectivity index is 0.000000235. The Bertz CT molecular complexity index is 453. The number of carboxylic acid groups (broad SMARTS) is 2. The van der Waals surface area contributed by atoms with Crippen molar-refractivity contribution in [1.82, 2.24) is 9.80 Å². The second kappa shape index (κ2) is 8.03. The summed E-state index contributed by atoms with van der Waals surface area (Å²) in [5, 5.41) is 17.2. The third-order valence-corrected chi connectivity index (χ3v) is 4.55. The molecule has 0 saturated carbocycles. The van der Waals surface area contributed by atoms with Crippen molar-refractivity contribution in [1.29, 1.82) is 0 Å². The maximum Gasteiger partial charge on any atom is 0.339 e. The molecule has 2 fully saturated rings. The van der Waals surface area contributed by atoms with Crippen molar-refractivity contribution in [2.45, 2.75) is 37.8 Å². The summed E-state index contributed by atoms with van der Waals surface area (Å²) in [5.74, 6) is -1.69. The van der Waals surface area contributed by atoms with E-state index in [9.17, 15) is 14.2 Å². The van der Waals surface area contributed by atoms with Gasteiger partial charge in [0.15, 0.2) is 0 Å². The van der Waals surface area contributed by atoms with E-state index in [-0.39, 0.29) is 6.04 Å². The van der Waals surface area contributed by atoms with E-state index in [0.29, 0.717) is 19.4 Å². The average Bonchev–Trinajstić information content (AvgIpc) is 2.96. The van der Waals surface area contributed by atoms with Gasteiger partial charge in [-0.1, -0.05) is 0 Å². The molecule has 2 saturated heterocycles. The Morgan fingerprint density at radius 3 is 1.91 bits per heavy atom. The van der Waals surface area contributed by atoms with Crippen molar-refractivity contribution >= 4 is 19.5 Å². The van der Waals surface area contributed by atoms with Gasteiger partial charge in [-0.15, -0.1) is 0 Å². The molecular formula is C12H23N2O7P. The smallest absolute Gasteiger partial charge is 0.339 e. The van der Waals surface area contributed by atoms with E-state index in [1.807, 2.05) is 11.9 Å². The van der Waals surface area contributed by atoms with Crippen molar-refractivity contribution in [2.24, 2.45) is 0 Å². The molecule has 2 aliphatic heterocycles. The Morgan fingerprint density at radius 2 is 1.55 bits per heavy atom. The Hall–Kier alpha value is -0.990. The van der Waals surface area contributed by atoms with Gasteiger partial charge in [0.05, 0.1) is 0 Å². The van der Waals surface area contributed by atoms with Gasteiger partial charge < -0.3 is 20.0 Å². The number of carboxylic acids is 2. The first-order valence-corrected chi connectivity index (χ1v) is 8.86. The van der Waals surface area contributed by atoms with Crippen molar-refractivity contribution in [3.63, 3.8) is 0 Å². The third-order valence-electron chi connectivity index (χ3n) is 3.82. The van der Waals surface area contributed by atoms with E-state index >= 15 is 0 Å². The van der Waals surface area contributed by atoms with Crippen LogP contribution in [0.5, 0.6) is 0 Å². The number of likely N-dealkylation sites (tertiary alicyclic amines) is 2. The predicted molar refractivity (Wildman–Crippen MR) is 77.6 cm³/mol. The third kappa shape index (κ3) is 6.02. The fourth-order valence-electron chi connectivity index (χ4n) is 2.73. The van der Waals surface area contributed by atoms with Crippen LogP contribution in [0, 0.1) is 0 Å². The van der Waals surface area contributed by atoms with Gasteiger partial charge in [-0.3, -0.25) is 24.0 Å². The molecule has 9 nitrogen and oxygen atoms in total. The number of likely N-dealkylation sites (N-methyl/N-ethyl adjacent to an activating group) is 1. The van der Waals surface area contributed by atoms with Crippen LogP contribution in [0.2, 0.25) is 0 Å². The zero-order valence-electron chi connectivity index (χ0n) is 12.5. The van der Waals surface area contributed by atoms with Crippen molar-refractivity contribution in [2.75, 3.05) is 26.4 Å². The highest BCUT2D eigenvalue weighted by Gasteiger charge is 2.34. The summed E-state index contributed by atoms with van der Waals surface area (Å²) in [4.78, 5) is 41.5. The van der Waals surface area contributed by atoms with Crippen LogP contribution in [0.3, 0.4) is 0 Å². The minimum atomic E-state index is -4.13. The lowest BCUT2D eigenvalue weighted by Crippen LogP contribution is -2.36. The topological polar surface area (TPSA) is 139 Å². The first kappa shape index (κ1) is 19.1. The Labute approximate surface area is 128 Å². The fourth-order valence-corrected chi connectivity index (χ4v) is 3.55. The van der Waals surface area contributed by atoms with Crippen molar-refractivity contribution in [3.05, 3.63) is 0 Å². The second-order valence-electron chi connectivity index (χ2n) is 5.59. The quantitative estimate of drug-likeness (QED) is 0.515. The number of nitrogens with zero attached hydrogens (tertiary/aromatic N) is 2. The summed E-state index contributed by atoms with van der Waals surface area (Å²) in [5.41, 5.74) is 0. The molecule has 0 aromatic heterocycles. The molecule has 0 spiro atoms. The maximum atomic E-state index is 10.6. The first-order chi connectivity index (χ1) is 10.1. The van der Waals surface area contributed by atoms with Crippen LogP contribution in [0.25, 0.3) is 0 Å². The second-order valence-corrected chi connectivity index (χ2v) is 7.20. The Morgan fingerprint density at radius 1 is 1.05 bits per heavy atom. The minimum absolute atomic E-state index is 0.218. The average molecular weight is 338 g/mol. The van der Waals surface area contributed by atoms with Gasteiger partial charge >= 0.3 is 19.5 Å². The molecule has 0 aliphatic carbocycles. The molecule has 2 aliphatic rings. The molecular weight excluding hydrogens is 315 g/mol. The molecule has 0 amide bonds. The molecule has 2 heterocycles. The van der Waals surface area contributed by atoms with E-state index in [1.165, 1.54) is 4.90 Å². The zero-order chi connectivity index (χ0) is 16.9. The summed E-state index contributed by atoms with van der Waals surface area (Å²) < 4.78 is 10.6. The first-order valence-electron chi connectivity index (χ1n) is 7.06. The van der Waals surface area contributed by atoms with Gasteiger partial charge in [-0.05, 0) is 45.8 Å². The van der Waals surface area contributed by atoms with Gasteiger partial charge in [0.25, 0.3) is 0 Å². The lowest BCUT2D eigenvalue weighted by atomic mass is 10.2. The fraction of sp³-hybridized carbons (Fsp3) is 0.833. The van der Waals surface area contributed by atoms with Gasteiger partial charge in [-0.2, -0.15) is 0 Å². The molecule has 128 valence electrons. The highest BCUT2D eigenvalue weighted by molar-refractivity contribution is 7.51. The standard InChI is InChI=1S/C6H12NO5P.C6H11NO2/c8-6(9)5-2-1-3-7(5)4-13(10,11)12;1-7-4-2-3-5(7)6(8)9/h5H,1-4H2,(H,8,9)(H2,10,11,12);5H,2-4H2,1H3,(H,8,9)/t2*5-/m00/s1. The normalized spacial score (nSPS) is 26.5. The SMILES string of the molecule is CN1CCC[C@H]1C(=O)O.O=C(O)[C@@H]1CCCN1CP(=O)(O)O. The molecule has 0 aromatic carbocycles. The summed E-state index contributed by atoms with van der Waals surface area (Å²) in [6, 6.07) is -0.947. The van der Waals surface area contributed by atoms with Gasteiger partial charge in [-0.25, -0.2) is 0 Å². The van der Waals surface area contributed by atoms with Crippen LogP contribution in [-0.2, 0) is 14.2 Å². The van der Waals surface area contributed by atoms with Crippen LogP contribution < -0.4 is 0 Å². The van der Waals surface area contributed by atoms with Crippen LogP contribution in [0.1, 0.15) is 25.7 Å². The van der Waals surface area contributed by atoms with Gasteiger partial charge in [0, 0.05) is 0 Å².